The standard InChI is InChI=1S/C23H12Cl3FN2O4/c24-13-3-10-18(17(25)11-13)29-21(30)19(26)20(22(29)31)28-15-6-1-12(2-7-15)23(32)33-16-8-4-14(27)5-9-16/h1-11,28H. The lowest BCUT2D eigenvalue weighted by molar-refractivity contribution is -0.120. The SMILES string of the molecule is O=C(Oc1ccc(F)cc1)c1ccc(NC2=C(Cl)C(=O)N(c3ccc(Cl)cc3Cl)C2=O)cc1. The van der Waals surface area contributed by atoms with Gasteiger partial charge in [0, 0.05) is 10.7 Å². The molecule has 0 atom stereocenters. The van der Waals surface area contributed by atoms with Crippen molar-refractivity contribution < 1.29 is 23.5 Å². The average Bonchev–Trinajstić information content (AvgIpc) is 2.99. The van der Waals surface area contributed by atoms with Gasteiger partial charge in [-0.3, -0.25) is 9.59 Å². The highest BCUT2D eigenvalue weighted by Gasteiger charge is 2.39. The fraction of sp³-hybridized carbons (Fsp3) is 0. The molecule has 1 N–H and O–H groups in total. The molecule has 1 heterocycles. The van der Waals surface area contributed by atoms with Gasteiger partial charge < -0.3 is 10.1 Å². The van der Waals surface area contributed by atoms with Crippen LogP contribution in [0.3, 0.4) is 0 Å². The van der Waals surface area contributed by atoms with E-state index >= 15 is 0 Å². The minimum atomic E-state index is -0.743. The van der Waals surface area contributed by atoms with Gasteiger partial charge >= 0.3 is 5.97 Å². The number of ether oxygens (including phenoxy) is 1. The summed E-state index contributed by atoms with van der Waals surface area (Å²) in [5, 5.41) is 2.94. The van der Waals surface area contributed by atoms with E-state index in [9.17, 15) is 18.8 Å². The van der Waals surface area contributed by atoms with Crippen LogP contribution < -0.4 is 15.0 Å². The number of hydrogen-bond donors (Lipinski definition) is 1. The highest BCUT2D eigenvalue weighted by molar-refractivity contribution is 6.53. The first-order chi connectivity index (χ1) is 15.7. The van der Waals surface area contributed by atoms with E-state index in [1.54, 1.807) is 0 Å². The van der Waals surface area contributed by atoms with Crippen molar-refractivity contribution in [3.8, 4) is 5.75 Å². The number of halogens is 4. The maximum Gasteiger partial charge on any atom is 0.343 e. The Balaban J connectivity index is 1.49. The summed E-state index contributed by atoms with van der Waals surface area (Å²) >= 11 is 18.1. The van der Waals surface area contributed by atoms with Gasteiger partial charge in [0.05, 0.1) is 16.3 Å². The molecule has 10 heteroatoms. The predicted octanol–water partition coefficient (Wildman–Crippen LogP) is 5.79. The zero-order valence-electron chi connectivity index (χ0n) is 16.4. The lowest BCUT2D eigenvalue weighted by atomic mass is 10.2. The number of amides is 2. The molecule has 0 aliphatic carbocycles. The van der Waals surface area contributed by atoms with Gasteiger partial charge in [0.15, 0.2) is 0 Å². The van der Waals surface area contributed by atoms with Crippen molar-refractivity contribution in [3.63, 3.8) is 0 Å². The van der Waals surface area contributed by atoms with E-state index in [0.29, 0.717) is 10.7 Å². The molecule has 3 aromatic rings. The Hall–Kier alpha value is -3.39. The number of hydrogen-bond acceptors (Lipinski definition) is 5. The van der Waals surface area contributed by atoms with E-state index < -0.39 is 23.6 Å². The summed E-state index contributed by atoms with van der Waals surface area (Å²) in [7, 11) is 0. The molecule has 166 valence electrons. The molecule has 0 unspecified atom stereocenters. The molecule has 0 radical (unpaired) electrons. The third-order valence-corrected chi connectivity index (χ3v) is 5.48. The zero-order valence-corrected chi connectivity index (χ0v) is 18.7. The van der Waals surface area contributed by atoms with Gasteiger partial charge in [-0.15, -0.1) is 0 Å². The van der Waals surface area contributed by atoms with Gasteiger partial charge in [0.2, 0.25) is 0 Å². The quantitative estimate of drug-likeness (QED) is 0.270. The Labute approximate surface area is 202 Å². The molecule has 0 saturated heterocycles. The second-order valence-electron chi connectivity index (χ2n) is 6.78. The molecule has 3 aromatic carbocycles. The van der Waals surface area contributed by atoms with Crippen molar-refractivity contribution in [2.45, 2.75) is 0 Å². The van der Waals surface area contributed by atoms with Gasteiger partial charge in [-0.1, -0.05) is 34.8 Å². The third kappa shape index (κ3) is 4.71. The first-order valence-electron chi connectivity index (χ1n) is 9.33. The van der Waals surface area contributed by atoms with Crippen LogP contribution in [-0.2, 0) is 9.59 Å². The number of benzene rings is 3. The summed E-state index contributed by atoms with van der Waals surface area (Å²) in [5.41, 5.74) is 0.610. The number of carbonyl (C=O) groups excluding carboxylic acids is 3. The van der Waals surface area contributed by atoms with Crippen LogP contribution in [0, 0.1) is 5.82 Å². The van der Waals surface area contributed by atoms with Crippen molar-refractivity contribution in [2.75, 3.05) is 10.2 Å². The molecule has 0 bridgehead atoms. The van der Waals surface area contributed by atoms with Crippen LogP contribution in [0.15, 0.2) is 77.5 Å². The number of nitrogens with zero attached hydrogens (tertiary/aromatic N) is 1. The van der Waals surface area contributed by atoms with Gasteiger partial charge in [-0.05, 0) is 66.7 Å². The lowest BCUT2D eigenvalue weighted by Gasteiger charge is -2.16. The Morgan fingerprint density at radius 3 is 2.18 bits per heavy atom. The second-order valence-corrected chi connectivity index (χ2v) is 8.00. The Morgan fingerprint density at radius 2 is 1.55 bits per heavy atom. The lowest BCUT2D eigenvalue weighted by Crippen LogP contribution is -2.32. The monoisotopic (exact) mass is 504 g/mol. The van der Waals surface area contributed by atoms with Crippen LogP contribution in [-0.4, -0.2) is 17.8 Å². The maximum absolute atomic E-state index is 13.0. The topological polar surface area (TPSA) is 75.7 Å². The zero-order chi connectivity index (χ0) is 23.7. The van der Waals surface area contributed by atoms with E-state index in [1.165, 1.54) is 66.7 Å². The van der Waals surface area contributed by atoms with Crippen LogP contribution >= 0.6 is 34.8 Å². The smallest absolute Gasteiger partial charge is 0.343 e. The number of esters is 1. The Morgan fingerprint density at radius 1 is 0.879 bits per heavy atom. The van der Waals surface area contributed by atoms with Crippen molar-refractivity contribution in [1.29, 1.82) is 0 Å². The van der Waals surface area contributed by atoms with Crippen molar-refractivity contribution in [1.82, 2.24) is 0 Å². The van der Waals surface area contributed by atoms with Gasteiger partial charge in [-0.25, -0.2) is 14.1 Å². The summed E-state index contributed by atoms with van der Waals surface area (Å²) < 4.78 is 18.1. The highest BCUT2D eigenvalue weighted by atomic mass is 35.5. The first-order valence-corrected chi connectivity index (χ1v) is 10.5. The number of imide groups is 1. The first kappa shape index (κ1) is 22.8. The summed E-state index contributed by atoms with van der Waals surface area (Å²) in [6, 6.07) is 15.3. The summed E-state index contributed by atoms with van der Waals surface area (Å²) in [6.45, 7) is 0. The third-order valence-electron chi connectivity index (χ3n) is 4.59. The molecule has 0 spiro atoms. The molecule has 2 amide bonds. The molecule has 6 nitrogen and oxygen atoms in total. The molecule has 1 aliphatic rings. The minimum absolute atomic E-state index is 0.110. The fourth-order valence-electron chi connectivity index (χ4n) is 3.00. The second kappa shape index (κ2) is 9.23. The average molecular weight is 506 g/mol. The molecular weight excluding hydrogens is 494 g/mol. The van der Waals surface area contributed by atoms with Gasteiger partial charge in [-0.2, -0.15) is 0 Å². The van der Waals surface area contributed by atoms with Crippen molar-refractivity contribution >= 4 is 64.0 Å². The predicted molar refractivity (Wildman–Crippen MR) is 123 cm³/mol. The van der Waals surface area contributed by atoms with E-state index in [0.717, 1.165) is 4.90 Å². The summed E-state index contributed by atoms with van der Waals surface area (Å²) in [4.78, 5) is 38.6. The fourth-order valence-corrected chi connectivity index (χ4v) is 3.70. The molecule has 1 aliphatic heterocycles. The van der Waals surface area contributed by atoms with Crippen LogP contribution in [0.5, 0.6) is 5.75 Å². The summed E-state index contributed by atoms with van der Waals surface area (Å²) in [5.74, 6) is -2.35. The molecule has 4 rings (SSSR count). The molecule has 0 fully saturated rings. The Kier molecular flexibility index (Phi) is 6.37. The highest BCUT2D eigenvalue weighted by Crippen LogP contribution is 2.35. The number of rotatable bonds is 5. The largest absolute Gasteiger partial charge is 0.423 e. The molecule has 33 heavy (non-hydrogen) atoms. The van der Waals surface area contributed by atoms with Crippen LogP contribution in [0.2, 0.25) is 10.0 Å². The number of nitrogens with one attached hydrogen (secondary N) is 1. The van der Waals surface area contributed by atoms with Crippen LogP contribution in [0.4, 0.5) is 15.8 Å². The van der Waals surface area contributed by atoms with Crippen molar-refractivity contribution in [3.05, 3.63) is 98.9 Å². The van der Waals surface area contributed by atoms with E-state index in [-0.39, 0.29) is 32.8 Å². The maximum atomic E-state index is 13.0. The van der Waals surface area contributed by atoms with E-state index in [1.807, 2.05) is 0 Å². The minimum Gasteiger partial charge on any atom is -0.423 e. The van der Waals surface area contributed by atoms with E-state index in [4.69, 9.17) is 39.5 Å². The molecule has 0 aromatic heterocycles. The van der Waals surface area contributed by atoms with Crippen molar-refractivity contribution in [2.24, 2.45) is 0 Å². The summed E-state index contributed by atoms with van der Waals surface area (Å²) in [6.07, 6.45) is 0. The van der Waals surface area contributed by atoms with Crippen LogP contribution in [0.1, 0.15) is 10.4 Å². The molecular formula is C23H12Cl3FN2O4. The van der Waals surface area contributed by atoms with Gasteiger partial charge in [0.25, 0.3) is 11.8 Å². The number of carbonyl (C=O) groups is 3. The Bertz CT molecular complexity index is 1310. The van der Waals surface area contributed by atoms with E-state index in [2.05, 4.69) is 5.32 Å². The molecule has 0 saturated carbocycles. The van der Waals surface area contributed by atoms with Crippen LogP contribution in [0.25, 0.3) is 0 Å². The normalized spacial score (nSPS) is 13.5. The number of anilines is 2. The van der Waals surface area contributed by atoms with Gasteiger partial charge in [0.1, 0.15) is 22.3 Å².